The number of carbonyl (C=O) groups is 2. The molecule has 0 aliphatic carbocycles. The number of hydrogen-bond donors (Lipinski definition) is 1. The zero-order valence-corrected chi connectivity index (χ0v) is 14.3. The number of hydrogen-bond acceptors (Lipinski definition) is 3. The minimum absolute atomic E-state index is 0.0951. The van der Waals surface area contributed by atoms with Gasteiger partial charge in [0.15, 0.2) is 0 Å². The number of amides is 3. The predicted octanol–water partition coefficient (Wildman–Crippen LogP) is 2.46. The molecule has 3 rings (SSSR count). The largest absolute Gasteiger partial charge is 0.457 e. The third kappa shape index (κ3) is 4.09. The Morgan fingerprint density at radius 3 is 2.40 bits per heavy atom. The van der Waals surface area contributed by atoms with Crippen LogP contribution >= 0.6 is 0 Å². The van der Waals surface area contributed by atoms with Crippen molar-refractivity contribution in [2.24, 2.45) is 0 Å². The Hall–Kier alpha value is -3.02. The summed E-state index contributed by atoms with van der Waals surface area (Å²) in [6, 6.07) is 16.5. The quantitative estimate of drug-likeness (QED) is 0.910. The Kier molecular flexibility index (Phi) is 4.88. The van der Waals surface area contributed by atoms with E-state index in [0.717, 1.165) is 17.1 Å². The Morgan fingerprint density at radius 1 is 1.16 bits per heavy atom. The molecule has 0 bridgehead atoms. The van der Waals surface area contributed by atoms with Gasteiger partial charge in [0, 0.05) is 20.6 Å². The lowest BCUT2D eigenvalue weighted by Gasteiger charge is -2.20. The number of rotatable bonds is 5. The van der Waals surface area contributed by atoms with E-state index in [9.17, 15) is 9.59 Å². The summed E-state index contributed by atoms with van der Waals surface area (Å²) in [5.74, 6) is 1.43. The van der Waals surface area contributed by atoms with Crippen molar-refractivity contribution in [3.05, 3.63) is 60.2 Å². The Balaban J connectivity index is 1.57. The van der Waals surface area contributed by atoms with E-state index in [-0.39, 0.29) is 11.9 Å². The van der Waals surface area contributed by atoms with Gasteiger partial charge in [-0.15, -0.1) is 0 Å². The monoisotopic (exact) mass is 339 g/mol. The fourth-order valence-corrected chi connectivity index (χ4v) is 2.71. The van der Waals surface area contributed by atoms with E-state index in [2.05, 4.69) is 5.32 Å². The van der Waals surface area contributed by atoms with Crippen molar-refractivity contribution >= 4 is 11.9 Å². The molecule has 0 aromatic heterocycles. The van der Waals surface area contributed by atoms with Crippen molar-refractivity contribution < 1.29 is 14.3 Å². The normalized spacial score (nSPS) is 16.5. The summed E-state index contributed by atoms with van der Waals surface area (Å²) in [6.07, 6.45) is 0. The molecular formula is C19H21N3O3. The van der Waals surface area contributed by atoms with Crippen molar-refractivity contribution in [1.82, 2.24) is 15.1 Å². The van der Waals surface area contributed by atoms with Crippen LogP contribution < -0.4 is 10.1 Å². The number of benzene rings is 2. The maximum Gasteiger partial charge on any atom is 0.317 e. The lowest BCUT2D eigenvalue weighted by molar-refractivity contribution is -0.132. The summed E-state index contributed by atoms with van der Waals surface area (Å²) >= 11 is 0. The fourth-order valence-electron chi connectivity index (χ4n) is 2.71. The van der Waals surface area contributed by atoms with Gasteiger partial charge >= 0.3 is 6.03 Å². The first-order valence-corrected chi connectivity index (χ1v) is 8.11. The Morgan fingerprint density at radius 2 is 1.80 bits per heavy atom. The summed E-state index contributed by atoms with van der Waals surface area (Å²) in [4.78, 5) is 27.0. The molecular weight excluding hydrogens is 318 g/mol. The van der Waals surface area contributed by atoms with Gasteiger partial charge in [-0.2, -0.15) is 0 Å². The highest BCUT2D eigenvalue weighted by atomic mass is 16.5. The average molecular weight is 339 g/mol. The zero-order valence-electron chi connectivity index (χ0n) is 14.3. The number of carbonyl (C=O) groups excluding carboxylic acids is 2. The molecule has 3 amide bonds. The van der Waals surface area contributed by atoms with E-state index in [1.54, 1.807) is 19.0 Å². The van der Waals surface area contributed by atoms with Gasteiger partial charge in [-0.25, -0.2) is 4.79 Å². The number of ether oxygens (including phenoxy) is 1. The second kappa shape index (κ2) is 7.25. The smallest absolute Gasteiger partial charge is 0.317 e. The summed E-state index contributed by atoms with van der Waals surface area (Å²) in [5, 5.41) is 2.68. The van der Waals surface area contributed by atoms with Gasteiger partial charge in [0.1, 0.15) is 17.5 Å². The van der Waals surface area contributed by atoms with E-state index >= 15 is 0 Å². The molecule has 25 heavy (non-hydrogen) atoms. The lowest BCUT2D eigenvalue weighted by Crippen LogP contribution is -2.43. The molecule has 1 atom stereocenters. The number of likely N-dealkylation sites (N-methyl/N-ethyl adjacent to an activating group) is 2. The SMILES string of the molecule is CN1C[C@H](C(=O)N(C)Cc2ccc(Oc3ccccc3)cc2)NC1=O. The summed E-state index contributed by atoms with van der Waals surface area (Å²) in [5.41, 5.74) is 0.994. The van der Waals surface area contributed by atoms with Gasteiger partial charge in [0.05, 0.1) is 6.54 Å². The number of nitrogens with one attached hydrogen (secondary N) is 1. The van der Waals surface area contributed by atoms with Crippen molar-refractivity contribution in [2.45, 2.75) is 12.6 Å². The minimum atomic E-state index is -0.483. The molecule has 1 saturated heterocycles. The molecule has 2 aromatic carbocycles. The molecule has 6 nitrogen and oxygen atoms in total. The van der Waals surface area contributed by atoms with Gasteiger partial charge in [-0.3, -0.25) is 4.79 Å². The fraction of sp³-hybridized carbons (Fsp3) is 0.263. The van der Waals surface area contributed by atoms with Crippen molar-refractivity contribution in [3.63, 3.8) is 0 Å². The van der Waals surface area contributed by atoms with Crippen LogP contribution in [0.3, 0.4) is 0 Å². The maximum absolute atomic E-state index is 12.4. The highest BCUT2D eigenvalue weighted by Crippen LogP contribution is 2.21. The first-order valence-electron chi connectivity index (χ1n) is 8.11. The van der Waals surface area contributed by atoms with Gasteiger partial charge in [-0.1, -0.05) is 30.3 Å². The summed E-state index contributed by atoms with van der Waals surface area (Å²) in [7, 11) is 3.41. The van der Waals surface area contributed by atoms with E-state index in [4.69, 9.17) is 4.74 Å². The Bertz CT molecular complexity index is 746. The van der Waals surface area contributed by atoms with Crippen LogP contribution in [0.1, 0.15) is 5.56 Å². The van der Waals surface area contributed by atoms with E-state index in [0.29, 0.717) is 13.1 Å². The molecule has 6 heteroatoms. The molecule has 0 unspecified atom stereocenters. The van der Waals surface area contributed by atoms with Crippen LogP contribution in [0, 0.1) is 0 Å². The van der Waals surface area contributed by atoms with E-state index in [1.165, 1.54) is 4.90 Å². The van der Waals surface area contributed by atoms with Crippen LogP contribution in [0.15, 0.2) is 54.6 Å². The van der Waals surface area contributed by atoms with Crippen LogP contribution in [0.25, 0.3) is 0 Å². The Labute approximate surface area is 147 Å². The molecule has 1 aliphatic rings. The van der Waals surface area contributed by atoms with Gasteiger partial charge < -0.3 is 19.9 Å². The summed E-state index contributed by atoms with van der Waals surface area (Å²) in [6.45, 7) is 0.867. The van der Waals surface area contributed by atoms with Crippen LogP contribution in [0.5, 0.6) is 11.5 Å². The van der Waals surface area contributed by atoms with Gasteiger partial charge in [0.25, 0.3) is 0 Å². The molecule has 0 radical (unpaired) electrons. The van der Waals surface area contributed by atoms with Crippen molar-refractivity contribution in [2.75, 3.05) is 20.6 Å². The second-order valence-electron chi connectivity index (χ2n) is 6.14. The molecule has 1 fully saturated rings. The van der Waals surface area contributed by atoms with Crippen LogP contribution in [0.4, 0.5) is 4.79 Å². The van der Waals surface area contributed by atoms with Crippen molar-refractivity contribution in [1.29, 1.82) is 0 Å². The third-order valence-corrected chi connectivity index (χ3v) is 4.10. The van der Waals surface area contributed by atoms with E-state index in [1.807, 2.05) is 54.6 Å². The maximum atomic E-state index is 12.4. The molecule has 1 heterocycles. The third-order valence-electron chi connectivity index (χ3n) is 4.10. The molecule has 0 spiro atoms. The first kappa shape index (κ1) is 16.8. The van der Waals surface area contributed by atoms with Gasteiger partial charge in [0.2, 0.25) is 5.91 Å². The van der Waals surface area contributed by atoms with Crippen molar-refractivity contribution in [3.8, 4) is 11.5 Å². The topological polar surface area (TPSA) is 61.9 Å². The predicted molar refractivity (Wildman–Crippen MR) is 94.4 cm³/mol. The van der Waals surface area contributed by atoms with Gasteiger partial charge in [-0.05, 0) is 29.8 Å². The van der Waals surface area contributed by atoms with E-state index < -0.39 is 6.04 Å². The highest BCUT2D eigenvalue weighted by Gasteiger charge is 2.32. The van der Waals surface area contributed by atoms with Crippen LogP contribution in [-0.4, -0.2) is 48.4 Å². The summed E-state index contributed by atoms with van der Waals surface area (Å²) < 4.78 is 5.76. The molecule has 1 aliphatic heterocycles. The lowest BCUT2D eigenvalue weighted by atomic mass is 10.2. The highest BCUT2D eigenvalue weighted by molar-refractivity contribution is 5.90. The molecule has 2 aromatic rings. The minimum Gasteiger partial charge on any atom is -0.457 e. The zero-order chi connectivity index (χ0) is 17.8. The second-order valence-corrected chi connectivity index (χ2v) is 6.14. The van der Waals surface area contributed by atoms with Crippen LogP contribution in [0.2, 0.25) is 0 Å². The number of nitrogens with zero attached hydrogens (tertiary/aromatic N) is 2. The standard InChI is InChI=1S/C19H21N3O3/c1-21(18(23)17-13-22(2)19(24)20-17)12-14-8-10-16(11-9-14)25-15-6-4-3-5-7-15/h3-11,17H,12-13H2,1-2H3,(H,20,24)/t17-/m1/s1. The first-order chi connectivity index (χ1) is 12.0. The number of urea groups is 1. The number of para-hydroxylation sites is 1. The molecule has 1 N–H and O–H groups in total. The van der Waals surface area contributed by atoms with Crippen LogP contribution in [-0.2, 0) is 11.3 Å². The molecule has 0 saturated carbocycles. The average Bonchev–Trinajstić information content (AvgIpc) is 2.96. The molecule has 130 valence electrons.